The van der Waals surface area contributed by atoms with Crippen LogP contribution >= 0.6 is 27.5 Å². The Labute approximate surface area is 104 Å². The van der Waals surface area contributed by atoms with Gasteiger partial charge in [-0.2, -0.15) is 0 Å². The molecule has 0 aliphatic rings. The van der Waals surface area contributed by atoms with Crippen LogP contribution in [0.5, 0.6) is 0 Å². The van der Waals surface area contributed by atoms with Crippen LogP contribution in [0.4, 0.5) is 0 Å². The minimum absolute atomic E-state index is 0.165. The number of halogens is 2. The highest BCUT2D eigenvalue weighted by molar-refractivity contribution is 9.10. The molecule has 0 saturated heterocycles. The fraction of sp³-hybridized carbons (Fsp3) is 0.455. The average Bonchev–Trinajstić information content (AvgIpc) is 2.24. The third kappa shape index (κ3) is 3.76. The van der Waals surface area contributed by atoms with Gasteiger partial charge in [-0.15, -0.1) is 0 Å². The second-order valence-corrected chi connectivity index (χ2v) is 4.46. The Hall–Kier alpha value is -0.0900. The zero-order chi connectivity index (χ0) is 11.3. The van der Waals surface area contributed by atoms with Crippen LogP contribution in [0.2, 0.25) is 5.02 Å². The van der Waals surface area contributed by atoms with Crippen LogP contribution in [0.15, 0.2) is 22.7 Å². The third-order valence-corrected chi connectivity index (χ3v) is 3.13. The van der Waals surface area contributed by atoms with Gasteiger partial charge in [-0.25, -0.2) is 0 Å². The van der Waals surface area contributed by atoms with E-state index in [0.717, 1.165) is 21.7 Å². The van der Waals surface area contributed by atoms with Crippen LogP contribution in [-0.2, 0) is 4.74 Å². The molecular formula is C11H15BrClNO. The Balaban J connectivity index is 2.85. The molecule has 84 valence electrons. The number of likely N-dealkylation sites (N-methyl/N-ethyl adjacent to an activating group) is 1. The SMILES string of the molecule is CCOCC(NC)c1cc(Cl)ccc1Br. The first kappa shape index (κ1) is 13.0. The first-order valence-corrected chi connectivity index (χ1v) is 6.06. The van der Waals surface area contributed by atoms with Gasteiger partial charge in [0.2, 0.25) is 0 Å². The van der Waals surface area contributed by atoms with Gasteiger partial charge in [0.15, 0.2) is 0 Å². The van der Waals surface area contributed by atoms with Crippen LogP contribution in [-0.4, -0.2) is 20.3 Å². The van der Waals surface area contributed by atoms with E-state index in [1.807, 2.05) is 32.2 Å². The summed E-state index contributed by atoms with van der Waals surface area (Å²) in [5.41, 5.74) is 1.12. The van der Waals surface area contributed by atoms with E-state index in [9.17, 15) is 0 Å². The second-order valence-electron chi connectivity index (χ2n) is 3.17. The minimum Gasteiger partial charge on any atom is -0.380 e. The fourth-order valence-electron chi connectivity index (χ4n) is 1.35. The smallest absolute Gasteiger partial charge is 0.0661 e. The van der Waals surface area contributed by atoms with Gasteiger partial charge in [0.05, 0.1) is 12.6 Å². The van der Waals surface area contributed by atoms with Crippen molar-refractivity contribution in [3.8, 4) is 0 Å². The Bertz CT molecular complexity index is 319. The lowest BCUT2D eigenvalue weighted by molar-refractivity contribution is 0.125. The molecule has 0 aliphatic carbocycles. The van der Waals surface area contributed by atoms with E-state index in [2.05, 4.69) is 21.2 Å². The Morgan fingerprint density at radius 3 is 2.87 bits per heavy atom. The minimum atomic E-state index is 0.165. The van der Waals surface area contributed by atoms with Crippen molar-refractivity contribution in [2.24, 2.45) is 0 Å². The second kappa shape index (κ2) is 6.48. The quantitative estimate of drug-likeness (QED) is 0.898. The van der Waals surface area contributed by atoms with Crippen LogP contribution in [0.1, 0.15) is 18.5 Å². The molecular weight excluding hydrogens is 277 g/mol. The maximum Gasteiger partial charge on any atom is 0.0661 e. The number of rotatable bonds is 5. The van der Waals surface area contributed by atoms with Crippen molar-refractivity contribution >= 4 is 27.5 Å². The molecule has 1 aromatic carbocycles. The molecule has 15 heavy (non-hydrogen) atoms. The van der Waals surface area contributed by atoms with E-state index in [0.29, 0.717) is 6.61 Å². The van der Waals surface area contributed by atoms with Gasteiger partial charge < -0.3 is 10.1 Å². The zero-order valence-corrected chi connectivity index (χ0v) is 11.2. The molecule has 0 aliphatic heterocycles. The van der Waals surface area contributed by atoms with E-state index < -0.39 is 0 Å². The van der Waals surface area contributed by atoms with E-state index in [-0.39, 0.29) is 6.04 Å². The summed E-state index contributed by atoms with van der Waals surface area (Å²) in [6, 6.07) is 5.93. The lowest BCUT2D eigenvalue weighted by Crippen LogP contribution is -2.22. The van der Waals surface area contributed by atoms with Crippen molar-refractivity contribution in [1.29, 1.82) is 0 Å². The Morgan fingerprint density at radius 2 is 2.27 bits per heavy atom. The van der Waals surface area contributed by atoms with Crippen molar-refractivity contribution in [3.05, 3.63) is 33.3 Å². The highest BCUT2D eigenvalue weighted by Crippen LogP contribution is 2.26. The van der Waals surface area contributed by atoms with Gasteiger partial charge in [0.25, 0.3) is 0 Å². The molecule has 1 N–H and O–H groups in total. The summed E-state index contributed by atoms with van der Waals surface area (Å²) in [7, 11) is 1.91. The molecule has 0 radical (unpaired) electrons. The number of nitrogens with one attached hydrogen (secondary N) is 1. The molecule has 0 bridgehead atoms. The monoisotopic (exact) mass is 291 g/mol. The van der Waals surface area contributed by atoms with Gasteiger partial charge in [-0.05, 0) is 37.7 Å². The summed E-state index contributed by atoms with van der Waals surface area (Å²) in [6.07, 6.45) is 0. The third-order valence-electron chi connectivity index (χ3n) is 2.17. The molecule has 2 nitrogen and oxygen atoms in total. The van der Waals surface area contributed by atoms with Gasteiger partial charge in [0.1, 0.15) is 0 Å². The Morgan fingerprint density at radius 1 is 1.53 bits per heavy atom. The van der Waals surface area contributed by atoms with Crippen LogP contribution in [0, 0.1) is 0 Å². The van der Waals surface area contributed by atoms with Crippen molar-refractivity contribution < 1.29 is 4.74 Å². The van der Waals surface area contributed by atoms with Crippen LogP contribution in [0.3, 0.4) is 0 Å². The maximum atomic E-state index is 5.96. The van der Waals surface area contributed by atoms with Crippen molar-refractivity contribution in [3.63, 3.8) is 0 Å². The maximum absolute atomic E-state index is 5.96. The van der Waals surface area contributed by atoms with Crippen molar-refractivity contribution in [1.82, 2.24) is 5.32 Å². The van der Waals surface area contributed by atoms with E-state index in [1.165, 1.54) is 0 Å². The number of ether oxygens (including phenoxy) is 1. The summed E-state index contributed by atoms with van der Waals surface area (Å²) < 4.78 is 6.46. The first-order valence-electron chi connectivity index (χ1n) is 4.89. The first-order chi connectivity index (χ1) is 7.19. The summed E-state index contributed by atoms with van der Waals surface area (Å²) in [6.45, 7) is 3.35. The summed E-state index contributed by atoms with van der Waals surface area (Å²) in [5.74, 6) is 0. The number of hydrogen-bond donors (Lipinski definition) is 1. The zero-order valence-electron chi connectivity index (χ0n) is 8.89. The highest BCUT2D eigenvalue weighted by atomic mass is 79.9. The van der Waals surface area contributed by atoms with Crippen molar-refractivity contribution in [2.75, 3.05) is 20.3 Å². The summed E-state index contributed by atoms with van der Waals surface area (Å²) >= 11 is 9.47. The Kier molecular flexibility index (Phi) is 5.61. The predicted octanol–water partition coefficient (Wildman–Crippen LogP) is 3.40. The largest absolute Gasteiger partial charge is 0.380 e. The molecule has 0 fully saturated rings. The lowest BCUT2D eigenvalue weighted by Gasteiger charge is -2.18. The molecule has 1 atom stereocenters. The molecule has 1 aromatic rings. The van der Waals surface area contributed by atoms with Gasteiger partial charge in [0, 0.05) is 16.1 Å². The normalized spacial score (nSPS) is 12.8. The molecule has 0 heterocycles. The van der Waals surface area contributed by atoms with Crippen molar-refractivity contribution in [2.45, 2.75) is 13.0 Å². The standard InChI is InChI=1S/C11H15BrClNO/c1-3-15-7-11(14-2)9-6-8(13)4-5-10(9)12/h4-6,11,14H,3,7H2,1-2H3. The number of hydrogen-bond acceptors (Lipinski definition) is 2. The molecule has 0 saturated carbocycles. The van der Waals surface area contributed by atoms with Crippen LogP contribution in [0.25, 0.3) is 0 Å². The van der Waals surface area contributed by atoms with Gasteiger partial charge in [-0.1, -0.05) is 27.5 Å². The van der Waals surface area contributed by atoms with Crippen LogP contribution < -0.4 is 5.32 Å². The topological polar surface area (TPSA) is 21.3 Å². The average molecular weight is 293 g/mol. The molecule has 0 aromatic heterocycles. The van der Waals surface area contributed by atoms with E-state index in [1.54, 1.807) is 0 Å². The molecule has 0 amide bonds. The summed E-state index contributed by atoms with van der Waals surface area (Å²) in [4.78, 5) is 0. The molecule has 1 rings (SSSR count). The van der Waals surface area contributed by atoms with E-state index in [4.69, 9.17) is 16.3 Å². The fourth-order valence-corrected chi connectivity index (χ4v) is 2.05. The molecule has 4 heteroatoms. The predicted molar refractivity (Wildman–Crippen MR) is 67.4 cm³/mol. The van der Waals surface area contributed by atoms with Gasteiger partial charge in [-0.3, -0.25) is 0 Å². The molecule has 1 unspecified atom stereocenters. The number of benzene rings is 1. The lowest BCUT2D eigenvalue weighted by atomic mass is 10.1. The summed E-state index contributed by atoms with van der Waals surface area (Å²) in [5, 5.41) is 3.95. The highest BCUT2D eigenvalue weighted by Gasteiger charge is 2.12. The van der Waals surface area contributed by atoms with E-state index >= 15 is 0 Å². The van der Waals surface area contributed by atoms with Gasteiger partial charge >= 0.3 is 0 Å². The molecule has 0 spiro atoms.